The van der Waals surface area contributed by atoms with Crippen molar-refractivity contribution in [2.24, 2.45) is 0 Å². The Kier molecular flexibility index (Phi) is 2.58. The second-order valence-corrected chi connectivity index (χ2v) is 4.31. The molecule has 1 fully saturated rings. The summed E-state index contributed by atoms with van der Waals surface area (Å²) in [6.07, 6.45) is 1.47. The molecule has 1 saturated heterocycles. The van der Waals surface area contributed by atoms with Gasteiger partial charge in [-0.05, 0) is 18.6 Å². The van der Waals surface area contributed by atoms with Crippen LogP contribution < -0.4 is 0 Å². The third-order valence-corrected chi connectivity index (χ3v) is 3.27. The number of benzene rings is 1. The van der Waals surface area contributed by atoms with Gasteiger partial charge in [0.25, 0.3) is 0 Å². The highest BCUT2D eigenvalue weighted by Crippen LogP contribution is 2.21. The van der Waals surface area contributed by atoms with E-state index < -0.39 is 0 Å². The van der Waals surface area contributed by atoms with E-state index in [1.807, 2.05) is 18.2 Å². The van der Waals surface area contributed by atoms with Crippen LogP contribution in [0.15, 0.2) is 24.3 Å². The van der Waals surface area contributed by atoms with Crippen molar-refractivity contribution in [3.8, 4) is 0 Å². The summed E-state index contributed by atoms with van der Waals surface area (Å²) in [7, 11) is 0. The van der Waals surface area contributed by atoms with Crippen molar-refractivity contribution in [1.82, 2.24) is 9.55 Å². The van der Waals surface area contributed by atoms with Crippen LogP contribution >= 0.6 is 11.6 Å². The maximum absolute atomic E-state index is 5.92. The van der Waals surface area contributed by atoms with E-state index in [1.165, 1.54) is 0 Å². The Morgan fingerprint density at radius 3 is 2.94 bits per heavy atom. The second kappa shape index (κ2) is 4.07. The van der Waals surface area contributed by atoms with Gasteiger partial charge in [-0.15, -0.1) is 11.6 Å². The lowest BCUT2D eigenvalue weighted by atomic mass is 10.2. The topological polar surface area (TPSA) is 27.1 Å². The fraction of sp³-hybridized carbons (Fsp3) is 0.417. The van der Waals surface area contributed by atoms with Crippen LogP contribution in [0.4, 0.5) is 0 Å². The van der Waals surface area contributed by atoms with Crippen molar-refractivity contribution >= 4 is 22.6 Å². The molecule has 0 N–H and O–H groups in total. The Hall–Kier alpha value is -1.06. The van der Waals surface area contributed by atoms with Gasteiger partial charge < -0.3 is 9.30 Å². The first-order valence-corrected chi connectivity index (χ1v) is 6.03. The van der Waals surface area contributed by atoms with Crippen molar-refractivity contribution in [2.45, 2.75) is 24.9 Å². The van der Waals surface area contributed by atoms with E-state index in [-0.39, 0.29) is 0 Å². The maximum atomic E-state index is 5.92. The van der Waals surface area contributed by atoms with Crippen molar-refractivity contribution in [1.29, 1.82) is 0 Å². The number of alkyl halides is 1. The summed E-state index contributed by atoms with van der Waals surface area (Å²) in [6.45, 7) is 1.75. The molecule has 0 radical (unpaired) electrons. The lowest BCUT2D eigenvalue weighted by molar-refractivity contribution is -0.0589. The molecule has 1 atom stereocenters. The first-order chi connectivity index (χ1) is 7.88. The lowest BCUT2D eigenvalue weighted by Gasteiger charge is -2.27. The van der Waals surface area contributed by atoms with Crippen LogP contribution in [-0.2, 0) is 17.2 Å². The standard InChI is InChI=1S/C12H13ClN2O/c13-7-12-14-10-3-1-2-4-11(10)15(12)8-9-5-6-16-9/h1-4,9H,5-8H2/t9-/m0/s1. The Morgan fingerprint density at radius 2 is 2.25 bits per heavy atom. The summed E-state index contributed by atoms with van der Waals surface area (Å²) in [5.41, 5.74) is 2.16. The maximum Gasteiger partial charge on any atom is 0.124 e. The summed E-state index contributed by atoms with van der Waals surface area (Å²) in [6, 6.07) is 8.12. The number of hydrogen-bond acceptors (Lipinski definition) is 2. The minimum absolute atomic E-state index is 0.333. The van der Waals surface area contributed by atoms with Crippen LogP contribution in [0.1, 0.15) is 12.2 Å². The second-order valence-electron chi connectivity index (χ2n) is 4.04. The number of imidazole rings is 1. The predicted molar refractivity (Wildman–Crippen MR) is 63.6 cm³/mol. The molecule has 16 heavy (non-hydrogen) atoms. The summed E-state index contributed by atoms with van der Waals surface area (Å²) >= 11 is 5.92. The van der Waals surface area contributed by atoms with Crippen molar-refractivity contribution < 1.29 is 4.74 Å². The Bertz CT molecular complexity index is 505. The molecule has 0 amide bonds. The lowest BCUT2D eigenvalue weighted by Crippen LogP contribution is -2.31. The zero-order valence-electron chi connectivity index (χ0n) is 8.90. The SMILES string of the molecule is ClCc1nc2ccccc2n1C[C@@H]1CCO1. The number of halogens is 1. The van der Waals surface area contributed by atoms with E-state index in [9.17, 15) is 0 Å². The Labute approximate surface area is 99.0 Å². The van der Waals surface area contributed by atoms with Crippen LogP contribution in [0.25, 0.3) is 11.0 Å². The fourth-order valence-corrected chi connectivity index (χ4v) is 2.27. The van der Waals surface area contributed by atoms with Gasteiger partial charge in [0.2, 0.25) is 0 Å². The van der Waals surface area contributed by atoms with Crippen LogP contribution in [-0.4, -0.2) is 22.3 Å². The summed E-state index contributed by atoms with van der Waals surface area (Å²) < 4.78 is 7.63. The molecule has 2 heterocycles. The number of para-hydroxylation sites is 2. The molecule has 3 rings (SSSR count). The molecule has 1 aliphatic rings. The zero-order valence-corrected chi connectivity index (χ0v) is 9.65. The summed E-state index contributed by atoms with van der Waals surface area (Å²) in [5, 5.41) is 0. The fourth-order valence-electron chi connectivity index (χ4n) is 2.06. The van der Waals surface area contributed by atoms with E-state index in [0.29, 0.717) is 12.0 Å². The van der Waals surface area contributed by atoms with Crippen LogP contribution in [0.5, 0.6) is 0 Å². The molecule has 0 bridgehead atoms. The Balaban J connectivity index is 2.04. The van der Waals surface area contributed by atoms with Gasteiger partial charge in [0, 0.05) is 6.61 Å². The van der Waals surface area contributed by atoms with Crippen LogP contribution in [0, 0.1) is 0 Å². The molecule has 1 aromatic heterocycles. The molecule has 1 aromatic carbocycles. The van der Waals surface area contributed by atoms with Gasteiger partial charge in [0.1, 0.15) is 5.82 Å². The van der Waals surface area contributed by atoms with Crippen molar-refractivity contribution in [2.75, 3.05) is 6.61 Å². The van der Waals surface area contributed by atoms with Gasteiger partial charge in [-0.1, -0.05) is 12.1 Å². The average molecular weight is 237 g/mol. The van der Waals surface area contributed by atoms with Gasteiger partial charge >= 0.3 is 0 Å². The minimum Gasteiger partial charge on any atom is -0.376 e. The number of ether oxygens (including phenoxy) is 1. The normalized spacial score (nSPS) is 19.9. The highest BCUT2D eigenvalue weighted by atomic mass is 35.5. The molecule has 0 aliphatic carbocycles. The van der Waals surface area contributed by atoms with Gasteiger partial charge in [-0.3, -0.25) is 0 Å². The van der Waals surface area contributed by atoms with E-state index >= 15 is 0 Å². The molecule has 2 aromatic rings. The van der Waals surface area contributed by atoms with Gasteiger partial charge in [-0.2, -0.15) is 0 Å². The van der Waals surface area contributed by atoms with Gasteiger partial charge in [-0.25, -0.2) is 4.98 Å². The number of rotatable bonds is 3. The smallest absolute Gasteiger partial charge is 0.124 e. The Morgan fingerprint density at radius 1 is 1.44 bits per heavy atom. The van der Waals surface area contributed by atoms with Crippen molar-refractivity contribution in [3.63, 3.8) is 0 Å². The number of fused-ring (bicyclic) bond motifs is 1. The van der Waals surface area contributed by atoms with Gasteiger partial charge in [0.05, 0.1) is 29.6 Å². The highest BCUT2D eigenvalue weighted by Gasteiger charge is 2.21. The van der Waals surface area contributed by atoms with E-state index in [1.54, 1.807) is 0 Å². The predicted octanol–water partition coefficient (Wildman–Crippen LogP) is 2.56. The van der Waals surface area contributed by atoms with E-state index in [0.717, 1.165) is 36.4 Å². The molecule has 1 aliphatic heterocycles. The number of nitrogens with zero attached hydrogens (tertiary/aromatic N) is 2. The third-order valence-electron chi connectivity index (χ3n) is 3.03. The van der Waals surface area contributed by atoms with E-state index in [4.69, 9.17) is 16.3 Å². The largest absolute Gasteiger partial charge is 0.376 e. The molecular weight excluding hydrogens is 224 g/mol. The van der Waals surface area contributed by atoms with Gasteiger partial charge in [0.15, 0.2) is 0 Å². The number of aromatic nitrogens is 2. The molecule has 0 saturated carbocycles. The monoisotopic (exact) mass is 236 g/mol. The first-order valence-electron chi connectivity index (χ1n) is 5.50. The molecule has 4 heteroatoms. The quantitative estimate of drug-likeness (QED) is 0.766. The van der Waals surface area contributed by atoms with Crippen LogP contribution in [0.2, 0.25) is 0 Å². The minimum atomic E-state index is 0.333. The first kappa shape index (κ1) is 10.1. The third kappa shape index (κ3) is 1.60. The molecule has 0 spiro atoms. The van der Waals surface area contributed by atoms with Crippen LogP contribution in [0.3, 0.4) is 0 Å². The average Bonchev–Trinajstić information content (AvgIpc) is 2.61. The summed E-state index contributed by atoms with van der Waals surface area (Å²) in [5.74, 6) is 1.37. The number of hydrogen-bond donors (Lipinski definition) is 0. The molecular formula is C12H13ClN2O. The van der Waals surface area contributed by atoms with E-state index in [2.05, 4.69) is 15.6 Å². The molecule has 84 valence electrons. The van der Waals surface area contributed by atoms with Crippen molar-refractivity contribution in [3.05, 3.63) is 30.1 Å². The summed E-state index contributed by atoms with van der Waals surface area (Å²) in [4.78, 5) is 4.52. The highest BCUT2D eigenvalue weighted by molar-refractivity contribution is 6.16. The zero-order chi connectivity index (χ0) is 11.0. The molecule has 3 nitrogen and oxygen atoms in total. The molecule has 0 unspecified atom stereocenters.